The molecule has 0 aromatic heterocycles. The Morgan fingerprint density at radius 3 is 2.68 bits per heavy atom. The first-order valence-corrected chi connectivity index (χ1v) is 7.43. The first-order valence-electron chi connectivity index (χ1n) is 7.43. The predicted molar refractivity (Wildman–Crippen MR) is 80.9 cm³/mol. The maximum Gasteiger partial charge on any atom is 0.0480 e. The van der Waals surface area contributed by atoms with Crippen LogP contribution in [0.15, 0.2) is 24.3 Å². The standard InChI is InChI=1S/C16H26N2O/c1-3-18(16-7-5-4-6-14(16)2)11-10-17-15-8-12-19-13-9-15/h4-7,15,17H,3,8-13H2,1-2H3. The monoisotopic (exact) mass is 262 g/mol. The molecule has 1 aromatic rings. The number of hydrogen-bond acceptors (Lipinski definition) is 3. The molecule has 3 heteroatoms. The van der Waals surface area contributed by atoms with Gasteiger partial charge in [-0.05, 0) is 38.3 Å². The summed E-state index contributed by atoms with van der Waals surface area (Å²) in [6, 6.07) is 9.27. The number of nitrogens with zero attached hydrogens (tertiary/aromatic N) is 1. The van der Waals surface area contributed by atoms with E-state index in [0.29, 0.717) is 6.04 Å². The van der Waals surface area contributed by atoms with Crippen molar-refractivity contribution in [1.82, 2.24) is 5.32 Å². The van der Waals surface area contributed by atoms with Crippen molar-refractivity contribution in [1.29, 1.82) is 0 Å². The van der Waals surface area contributed by atoms with Gasteiger partial charge < -0.3 is 15.0 Å². The molecule has 0 spiro atoms. The van der Waals surface area contributed by atoms with E-state index < -0.39 is 0 Å². The van der Waals surface area contributed by atoms with Crippen LogP contribution in [0.1, 0.15) is 25.3 Å². The summed E-state index contributed by atoms with van der Waals surface area (Å²) >= 11 is 0. The van der Waals surface area contributed by atoms with Crippen LogP contribution in [0.25, 0.3) is 0 Å². The molecule has 1 saturated heterocycles. The molecule has 1 aromatic carbocycles. The molecule has 106 valence electrons. The van der Waals surface area contributed by atoms with Crippen LogP contribution in [0, 0.1) is 6.92 Å². The Morgan fingerprint density at radius 2 is 2.00 bits per heavy atom. The van der Waals surface area contributed by atoms with Crippen LogP contribution in [0.5, 0.6) is 0 Å². The highest BCUT2D eigenvalue weighted by Crippen LogP contribution is 2.18. The molecule has 0 amide bonds. The van der Waals surface area contributed by atoms with Gasteiger partial charge >= 0.3 is 0 Å². The molecule has 19 heavy (non-hydrogen) atoms. The summed E-state index contributed by atoms with van der Waals surface area (Å²) in [5, 5.41) is 3.65. The van der Waals surface area contributed by atoms with E-state index in [1.807, 2.05) is 0 Å². The second kappa shape index (κ2) is 7.51. The van der Waals surface area contributed by atoms with E-state index in [2.05, 4.69) is 48.3 Å². The fraction of sp³-hybridized carbons (Fsp3) is 0.625. The number of rotatable bonds is 6. The van der Waals surface area contributed by atoms with Crippen molar-refractivity contribution in [2.24, 2.45) is 0 Å². The molecular weight excluding hydrogens is 236 g/mol. The quantitative estimate of drug-likeness (QED) is 0.853. The minimum atomic E-state index is 0.643. The lowest BCUT2D eigenvalue weighted by molar-refractivity contribution is 0.0783. The number of benzene rings is 1. The van der Waals surface area contributed by atoms with E-state index in [0.717, 1.165) is 45.7 Å². The molecule has 0 bridgehead atoms. The highest BCUT2D eigenvalue weighted by Gasteiger charge is 2.13. The summed E-state index contributed by atoms with van der Waals surface area (Å²) in [5.41, 5.74) is 2.72. The van der Waals surface area contributed by atoms with Gasteiger partial charge in [-0.3, -0.25) is 0 Å². The van der Waals surface area contributed by atoms with Crippen molar-refractivity contribution < 1.29 is 4.74 Å². The van der Waals surface area contributed by atoms with Crippen LogP contribution in [0.3, 0.4) is 0 Å². The van der Waals surface area contributed by atoms with Gasteiger partial charge in [0.25, 0.3) is 0 Å². The zero-order valence-electron chi connectivity index (χ0n) is 12.2. The normalized spacial score (nSPS) is 16.5. The minimum Gasteiger partial charge on any atom is -0.381 e. The molecule has 0 atom stereocenters. The lowest BCUT2D eigenvalue weighted by atomic mass is 10.1. The van der Waals surface area contributed by atoms with Crippen molar-refractivity contribution in [2.75, 3.05) is 37.7 Å². The van der Waals surface area contributed by atoms with Crippen LogP contribution in [0.4, 0.5) is 5.69 Å². The molecule has 0 unspecified atom stereocenters. The van der Waals surface area contributed by atoms with Gasteiger partial charge in [-0.15, -0.1) is 0 Å². The third-order valence-corrected chi connectivity index (χ3v) is 3.87. The van der Waals surface area contributed by atoms with Crippen LogP contribution >= 0.6 is 0 Å². The van der Waals surface area contributed by atoms with Crippen molar-refractivity contribution >= 4 is 5.69 Å². The number of hydrogen-bond donors (Lipinski definition) is 1. The van der Waals surface area contributed by atoms with Gasteiger partial charge in [-0.25, -0.2) is 0 Å². The first-order chi connectivity index (χ1) is 9.31. The molecule has 0 radical (unpaired) electrons. The third kappa shape index (κ3) is 4.22. The summed E-state index contributed by atoms with van der Waals surface area (Å²) in [6.45, 7) is 9.40. The molecular formula is C16H26N2O. The van der Waals surface area contributed by atoms with E-state index in [-0.39, 0.29) is 0 Å². The van der Waals surface area contributed by atoms with Gasteiger partial charge in [0.2, 0.25) is 0 Å². The Balaban J connectivity index is 1.81. The average molecular weight is 262 g/mol. The Hall–Kier alpha value is -1.06. The lowest BCUT2D eigenvalue weighted by Gasteiger charge is -2.28. The van der Waals surface area contributed by atoms with Crippen molar-refractivity contribution in [3.05, 3.63) is 29.8 Å². The summed E-state index contributed by atoms with van der Waals surface area (Å²) in [4.78, 5) is 2.45. The van der Waals surface area contributed by atoms with Gasteiger partial charge in [-0.1, -0.05) is 18.2 Å². The number of para-hydroxylation sites is 1. The van der Waals surface area contributed by atoms with E-state index in [1.165, 1.54) is 11.3 Å². The summed E-state index contributed by atoms with van der Waals surface area (Å²) < 4.78 is 5.38. The molecule has 2 rings (SSSR count). The molecule has 1 aliphatic rings. The van der Waals surface area contributed by atoms with Gasteiger partial charge in [-0.2, -0.15) is 0 Å². The summed E-state index contributed by atoms with van der Waals surface area (Å²) in [7, 11) is 0. The Kier molecular flexibility index (Phi) is 5.67. The number of ether oxygens (including phenoxy) is 1. The highest BCUT2D eigenvalue weighted by atomic mass is 16.5. The van der Waals surface area contributed by atoms with Crippen LogP contribution in [0.2, 0.25) is 0 Å². The number of nitrogens with one attached hydrogen (secondary N) is 1. The Morgan fingerprint density at radius 1 is 1.26 bits per heavy atom. The zero-order valence-corrected chi connectivity index (χ0v) is 12.2. The van der Waals surface area contributed by atoms with Crippen molar-refractivity contribution in [3.8, 4) is 0 Å². The van der Waals surface area contributed by atoms with E-state index >= 15 is 0 Å². The molecule has 1 heterocycles. The van der Waals surface area contributed by atoms with Gasteiger partial charge in [0.05, 0.1) is 0 Å². The van der Waals surface area contributed by atoms with Gasteiger partial charge in [0, 0.05) is 44.6 Å². The lowest BCUT2D eigenvalue weighted by Crippen LogP contribution is -2.40. The molecule has 0 saturated carbocycles. The molecule has 3 nitrogen and oxygen atoms in total. The highest BCUT2D eigenvalue weighted by molar-refractivity contribution is 5.52. The summed E-state index contributed by atoms with van der Waals surface area (Å²) in [6.07, 6.45) is 2.30. The average Bonchev–Trinajstić information content (AvgIpc) is 2.46. The van der Waals surface area contributed by atoms with Gasteiger partial charge in [0.1, 0.15) is 0 Å². The molecule has 1 fully saturated rings. The SMILES string of the molecule is CCN(CCNC1CCOCC1)c1ccccc1C. The predicted octanol–water partition coefficient (Wildman–Crippen LogP) is 2.59. The molecule has 1 aliphatic heterocycles. The van der Waals surface area contributed by atoms with E-state index in [4.69, 9.17) is 4.74 Å². The second-order valence-corrected chi connectivity index (χ2v) is 5.21. The number of likely N-dealkylation sites (N-methyl/N-ethyl adjacent to an activating group) is 1. The Labute approximate surface area is 116 Å². The fourth-order valence-electron chi connectivity index (χ4n) is 2.67. The van der Waals surface area contributed by atoms with E-state index in [1.54, 1.807) is 0 Å². The number of anilines is 1. The van der Waals surface area contributed by atoms with Gasteiger partial charge in [0.15, 0.2) is 0 Å². The first kappa shape index (κ1) is 14.4. The van der Waals surface area contributed by atoms with Crippen molar-refractivity contribution in [2.45, 2.75) is 32.7 Å². The zero-order chi connectivity index (χ0) is 13.5. The molecule has 1 N–H and O–H groups in total. The fourth-order valence-corrected chi connectivity index (χ4v) is 2.67. The maximum absolute atomic E-state index is 5.38. The van der Waals surface area contributed by atoms with E-state index in [9.17, 15) is 0 Å². The summed E-state index contributed by atoms with van der Waals surface area (Å²) in [5.74, 6) is 0. The van der Waals surface area contributed by atoms with Crippen LogP contribution < -0.4 is 10.2 Å². The third-order valence-electron chi connectivity index (χ3n) is 3.87. The second-order valence-electron chi connectivity index (χ2n) is 5.21. The smallest absolute Gasteiger partial charge is 0.0480 e. The van der Waals surface area contributed by atoms with Crippen LogP contribution in [-0.4, -0.2) is 38.9 Å². The molecule has 0 aliphatic carbocycles. The van der Waals surface area contributed by atoms with Crippen LogP contribution in [-0.2, 0) is 4.74 Å². The Bertz CT molecular complexity index is 375. The maximum atomic E-state index is 5.38. The number of aryl methyl sites for hydroxylation is 1. The minimum absolute atomic E-state index is 0.643. The topological polar surface area (TPSA) is 24.5 Å². The van der Waals surface area contributed by atoms with Crippen molar-refractivity contribution in [3.63, 3.8) is 0 Å². The largest absolute Gasteiger partial charge is 0.381 e.